The maximum atomic E-state index is 12.3. The first kappa shape index (κ1) is 20.7. The maximum absolute atomic E-state index is 12.3. The third kappa shape index (κ3) is 6.55. The van der Waals surface area contributed by atoms with Gasteiger partial charge in [0.2, 0.25) is 10.2 Å². The van der Waals surface area contributed by atoms with Crippen LogP contribution in [0.2, 0.25) is 0 Å². The van der Waals surface area contributed by atoms with Gasteiger partial charge in [-0.3, -0.25) is 14.4 Å². The number of carbonyl (C=O) groups excluding carboxylic acids is 3. The molecule has 0 amide bonds. The molecule has 0 bridgehead atoms. The number of benzene rings is 2. The van der Waals surface area contributed by atoms with Crippen molar-refractivity contribution in [3.8, 4) is 0 Å². The van der Waals surface area contributed by atoms with Gasteiger partial charge in [0.1, 0.15) is 0 Å². The van der Waals surface area contributed by atoms with Gasteiger partial charge in [0.25, 0.3) is 0 Å². The number of allylic oxidation sites excluding steroid dienone is 1. The molecule has 0 N–H and O–H groups in total. The Morgan fingerprint density at radius 3 is 2.00 bits per heavy atom. The first-order valence-corrected chi connectivity index (χ1v) is 9.67. The number of rotatable bonds is 7. The first-order chi connectivity index (χ1) is 12.9. The van der Waals surface area contributed by atoms with Gasteiger partial charge >= 0.3 is 0 Å². The Balaban J connectivity index is 1.99. The number of carbonyl (C=O) groups is 3. The Hall–Kier alpha value is -2.63. The van der Waals surface area contributed by atoms with E-state index in [1.165, 1.54) is 12.2 Å². The van der Waals surface area contributed by atoms with E-state index in [4.69, 9.17) is 0 Å². The van der Waals surface area contributed by atoms with Crippen LogP contribution in [0.3, 0.4) is 0 Å². The molecule has 0 radical (unpaired) electrons. The second-order valence-electron chi connectivity index (χ2n) is 5.59. The molecule has 0 saturated heterocycles. The van der Waals surface area contributed by atoms with Crippen molar-refractivity contribution in [2.75, 3.05) is 0 Å². The van der Waals surface area contributed by atoms with Crippen LogP contribution in [0.4, 0.5) is 0 Å². The van der Waals surface area contributed by atoms with Crippen LogP contribution in [-0.4, -0.2) is 16.0 Å². The molecule has 0 unspecified atom stereocenters. The first-order valence-electron chi connectivity index (χ1n) is 8.03. The zero-order valence-electron chi connectivity index (χ0n) is 14.8. The average molecular weight is 395 g/mol. The number of hydrogen-bond acceptors (Lipinski definition) is 5. The largest absolute Gasteiger partial charge is 0.289 e. The number of ketones is 1. The standard InChI is InChI=1S/C22H18O3S2/c1-4-21(24)26-18-12-8-17(9-13-18)20(23)14-7-16-5-10-19(11-6-16)27-22(25)15(2)3/h4-14H,1-2H2,3H3/b14-7+. The molecule has 0 aliphatic carbocycles. The SMILES string of the molecule is C=CC(=O)Sc1ccc(C(=O)/C=C/c2ccc(SC(=O)C(=C)C)cc2)cc1. The maximum Gasteiger partial charge on any atom is 0.219 e. The highest BCUT2D eigenvalue weighted by atomic mass is 32.2. The Bertz CT molecular complexity index is 908. The molecule has 0 spiro atoms. The Morgan fingerprint density at radius 1 is 0.889 bits per heavy atom. The van der Waals surface area contributed by atoms with Crippen molar-refractivity contribution < 1.29 is 14.4 Å². The van der Waals surface area contributed by atoms with Gasteiger partial charge < -0.3 is 0 Å². The molecule has 2 aromatic carbocycles. The minimum Gasteiger partial charge on any atom is -0.289 e. The fourth-order valence-electron chi connectivity index (χ4n) is 1.95. The van der Waals surface area contributed by atoms with E-state index in [1.807, 2.05) is 24.3 Å². The van der Waals surface area contributed by atoms with Gasteiger partial charge in [0.05, 0.1) is 0 Å². The van der Waals surface area contributed by atoms with Crippen LogP contribution in [-0.2, 0) is 9.59 Å². The summed E-state index contributed by atoms with van der Waals surface area (Å²) in [4.78, 5) is 36.8. The Labute approximate surface area is 167 Å². The van der Waals surface area contributed by atoms with E-state index in [9.17, 15) is 14.4 Å². The molecule has 27 heavy (non-hydrogen) atoms. The Kier molecular flexibility index (Phi) is 7.58. The van der Waals surface area contributed by atoms with Gasteiger partial charge in [-0.2, -0.15) is 0 Å². The fraction of sp³-hybridized carbons (Fsp3) is 0.0455. The monoisotopic (exact) mass is 394 g/mol. The molecule has 2 rings (SSSR count). The highest BCUT2D eigenvalue weighted by Gasteiger charge is 2.06. The predicted molar refractivity (Wildman–Crippen MR) is 113 cm³/mol. The third-order valence-electron chi connectivity index (χ3n) is 3.39. The summed E-state index contributed by atoms with van der Waals surface area (Å²) >= 11 is 2.19. The van der Waals surface area contributed by atoms with Crippen molar-refractivity contribution in [2.24, 2.45) is 0 Å². The third-order valence-corrected chi connectivity index (χ3v) is 5.31. The summed E-state index contributed by atoms with van der Waals surface area (Å²) < 4.78 is 0. The quantitative estimate of drug-likeness (QED) is 0.348. The van der Waals surface area contributed by atoms with E-state index >= 15 is 0 Å². The van der Waals surface area contributed by atoms with E-state index in [0.29, 0.717) is 11.1 Å². The predicted octanol–water partition coefficient (Wildman–Crippen LogP) is 5.58. The molecule has 0 aliphatic heterocycles. The van der Waals surface area contributed by atoms with E-state index in [2.05, 4.69) is 13.2 Å². The molecular weight excluding hydrogens is 376 g/mol. The lowest BCUT2D eigenvalue weighted by Crippen LogP contribution is -1.94. The highest BCUT2D eigenvalue weighted by Crippen LogP contribution is 2.23. The van der Waals surface area contributed by atoms with Gasteiger partial charge in [0, 0.05) is 15.4 Å². The molecule has 0 atom stereocenters. The van der Waals surface area contributed by atoms with Gasteiger partial charge in [-0.25, -0.2) is 0 Å². The topological polar surface area (TPSA) is 51.2 Å². The van der Waals surface area contributed by atoms with Crippen LogP contribution < -0.4 is 0 Å². The van der Waals surface area contributed by atoms with Crippen molar-refractivity contribution in [1.29, 1.82) is 0 Å². The molecule has 0 saturated carbocycles. The second-order valence-corrected chi connectivity index (χ2v) is 7.71. The van der Waals surface area contributed by atoms with E-state index in [0.717, 1.165) is 38.9 Å². The lowest BCUT2D eigenvalue weighted by molar-refractivity contribution is -0.108. The van der Waals surface area contributed by atoms with Gasteiger partial charge in [-0.05, 0) is 90.1 Å². The van der Waals surface area contributed by atoms with Crippen molar-refractivity contribution in [2.45, 2.75) is 16.7 Å². The molecule has 2 aromatic rings. The van der Waals surface area contributed by atoms with Crippen molar-refractivity contribution in [3.63, 3.8) is 0 Å². The van der Waals surface area contributed by atoms with Crippen LogP contribution in [0.25, 0.3) is 6.08 Å². The summed E-state index contributed by atoms with van der Waals surface area (Å²) in [6.45, 7) is 8.74. The van der Waals surface area contributed by atoms with Gasteiger partial charge in [0.15, 0.2) is 5.78 Å². The molecule has 0 aliphatic rings. The van der Waals surface area contributed by atoms with Crippen LogP contribution in [0, 0.1) is 0 Å². The van der Waals surface area contributed by atoms with E-state index in [1.54, 1.807) is 37.3 Å². The molecule has 0 heterocycles. The molecule has 5 heteroatoms. The number of hydrogen-bond donors (Lipinski definition) is 0. The summed E-state index contributed by atoms with van der Waals surface area (Å²) in [5, 5.41) is -0.203. The summed E-state index contributed by atoms with van der Waals surface area (Å²) in [5.41, 5.74) is 1.91. The summed E-state index contributed by atoms with van der Waals surface area (Å²) in [5.74, 6) is -0.127. The molecule has 136 valence electrons. The molecule has 3 nitrogen and oxygen atoms in total. The smallest absolute Gasteiger partial charge is 0.219 e. The second kappa shape index (κ2) is 9.90. The van der Waals surface area contributed by atoms with Crippen LogP contribution >= 0.6 is 23.5 Å². The van der Waals surface area contributed by atoms with Crippen molar-refractivity contribution in [3.05, 3.63) is 90.5 Å². The molecule has 0 aromatic heterocycles. The minimum atomic E-state index is -0.138. The lowest BCUT2D eigenvalue weighted by atomic mass is 10.1. The van der Waals surface area contributed by atoms with E-state index in [-0.39, 0.29) is 16.0 Å². The van der Waals surface area contributed by atoms with Crippen LogP contribution in [0.5, 0.6) is 0 Å². The fourth-order valence-corrected chi connectivity index (χ4v) is 3.20. The van der Waals surface area contributed by atoms with Crippen LogP contribution in [0.1, 0.15) is 22.8 Å². The lowest BCUT2D eigenvalue weighted by Gasteiger charge is -2.01. The summed E-state index contributed by atoms with van der Waals surface area (Å²) in [6, 6.07) is 14.2. The molecule has 0 fully saturated rings. The van der Waals surface area contributed by atoms with Gasteiger partial charge in [-0.1, -0.05) is 31.4 Å². The average Bonchev–Trinajstić information content (AvgIpc) is 2.67. The zero-order valence-corrected chi connectivity index (χ0v) is 16.4. The number of thioether (sulfide) groups is 2. The Morgan fingerprint density at radius 2 is 1.44 bits per heavy atom. The van der Waals surface area contributed by atoms with Crippen LogP contribution in [0.15, 0.2) is 89.2 Å². The molecular formula is C22H18O3S2. The highest BCUT2D eigenvalue weighted by molar-refractivity contribution is 8.14. The summed E-state index contributed by atoms with van der Waals surface area (Å²) in [7, 11) is 0. The zero-order chi connectivity index (χ0) is 19.8. The minimum absolute atomic E-state index is 0.0649. The van der Waals surface area contributed by atoms with Crippen molar-refractivity contribution in [1.82, 2.24) is 0 Å². The van der Waals surface area contributed by atoms with Crippen molar-refractivity contribution >= 4 is 45.6 Å². The normalized spacial score (nSPS) is 10.6. The van der Waals surface area contributed by atoms with Gasteiger partial charge in [-0.15, -0.1) is 0 Å². The van der Waals surface area contributed by atoms with E-state index < -0.39 is 0 Å². The summed E-state index contributed by atoms with van der Waals surface area (Å²) in [6.07, 6.45) is 4.48.